The molecule has 0 amide bonds. The van der Waals surface area contributed by atoms with Crippen LogP contribution in [0.3, 0.4) is 0 Å². The van der Waals surface area contributed by atoms with Crippen molar-refractivity contribution in [2.75, 3.05) is 24.6 Å². The number of hydrogen-bond donors (Lipinski definition) is 1. The zero-order valence-corrected chi connectivity index (χ0v) is 15.4. The number of fused-ring (bicyclic) bond motifs is 1. The summed E-state index contributed by atoms with van der Waals surface area (Å²) >= 11 is 0. The fourth-order valence-corrected chi connectivity index (χ4v) is 3.52. The summed E-state index contributed by atoms with van der Waals surface area (Å²) in [5.41, 5.74) is 0.715. The van der Waals surface area contributed by atoms with Crippen LogP contribution in [-0.2, 0) is 0 Å². The Morgan fingerprint density at radius 2 is 2.00 bits per heavy atom. The highest BCUT2D eigenvalue weighted by molar-refractivity contribution is 5.62. The van der Waals surface area contributed by atoms with Crippen molar-refractivity contribution in [3.05, 3.63) is 36.4 Å². The highest BCUT2D eigenvalue weighted by Crippen LogP contribution is 2.39. The Hall–Kier alpha value is -2.82. The van der Waals surface area contributed by atoms with Crippen LogP contribution in [0.2, 0.25) is 0 Å². The van der Waals surface area contributed by atoms with Gasteiger partial charge in [0, 0.05) is 25.1 Å². The van der Waals surface area contributed by atoms with Gasteiger partial charge in [0.1, 0.15) is 23.5 Å². The number of aliphatic hydroxyl groups is 1. The number of aromatic nitrogens is 5. The van der Waals surface area contributed by atoms with Crippen LogP contribution in [0.15, 0.2) is 30.7 Å². The minimum Gasteiger partial charge on any atom is -0.396 e. The summed E-state index contributed by atoms with van der Waals surface area (Å²) in [4.78, 5) is 14.1. The zero-order valence-electron chi connectivity index (χ0n) is 15.4. The Kier molecular flexibility index (Phi) is 4.85. The second-order valence-electron chi connectivity index (χ2n) is 7.09. The van der Waals surface area contributed by atoms with Crippen molar-refractivity contribution in [3.63, 3.8) is 0 Å². The zero-order chi connectivity index (χ0) is 20.8. The molecule has 0 saturated carbocycles. The molecule has 1 saturated heterocycles. The van der Waals surface area contributed by atoms with Crippen molar-refractivity contribution in [3.8, 4) is 11.4 Å². The van der Waals surface area contributed by atoms with Gasteiger partial charge >= 0.3 is 0 Å². The first-order valence-electron chi connectivity index (χ1n) is 9.00. The number of nitrogens with zero attached hydrogens (tertiary/aromatic N) is 6. The molecule has 0 bridgehead atoms. The maximum atomic E-state index is 14.2. The maximum Gasteiger partial charge on any atom is 0.282 e. The number of rotatable bonds is 4. The van der Waals surface area contributed by atoms with E-state index in [1.807, 2.05) is 0 Å². The lowest BCUT2D eigenvalue weighted by atomic mass is 9.86. The van der Waals surface area contributed by atoms with Gasteiger partial charge in [-0.25, -0.2) is 37.0 Å². The van der Waals surface area contributed by atoms with Gasteiger partial charge in [-0.05, 0) is 12.1 Å². The van der Waals surface area contributed by atoms with Gasteiger partial charge in [-0.3, -0.25) is 0 Å². The maximum absolute atomic E-state index is 14.2. The molecule has 154 valence electrons. The number of aliphatic hydroxyl groups excluding tert-OH is 1. The Balaban J connectivity index is 1.70. The number of alkyl halides is 4. The SMILES string of the molecule is CC1CN(c2cc(-c3cnc4ccc(C(F)F)nn34)ncn2)CC(CO)C1(F)F. The van der Waals surface area contributed by atoms with Crippen LogP contribution in [0, 0.1) is 11.8 Å². The van der Waals surface area contributed by atoms with E-state index >= 15 is 0 Å². The summed E-state index contributed by atoms with van der Waals surface area (Å²) in [5.74, 6) is -4.76. The molecular formula is C18H18F4N6O. The predicted octanol–water partition coefficient (Wildman–Crippen LogP) is 2.82. The van der Waals surface area contributed by atoms with E-state index in [1.54, 1.807) is 11.0 Å². The van der Waals surface area contributed by atoms with Gasteiger partial charge < -0.3 is 10.0 Å². The minimum absolute atomic E-state index is 0.0564. The lowest BCUT2D eigenvalue weighted by Crippen LogP contribution is -2.54. The second-order valence-corrected chi connectivity index (χ2v) is 7.09. The van der Waals surface area contributed by atoms with Crippen molar-refractivity contribution < 1.29 is 22.7 Å². The molecule has 4 rings (SSSR count). The molecule has 2 unspecified atom stereocenters. The molecule has 1 aliphatic rings. The van der Waals surface area contributed by atoms with Gasteiger partial charge in [-0.2, -0.15) is 5.10 Å². The van der Waals surface area contributed by atoms with E-state index in [4.69, 9.17) is 0 Å². The average Bonchev–Trinajstić information content (AvgIpc) is 3.13. The molecule has 0 spiro atoms. The molecule has 1 aliphatic heterocycles. The summed E-state index contributed by atoms with van der Waals surface area (Å²) in [6.07, 6.45) is -0.0119. The number of hydrogen-bond acceptors (Lipinski definition) is 6. The van der Waals surface area contributed by atoms with Crippen LogP contribution >= 0.6 is 0 Å². The van der Waals surface area contributed by atoms with E-state index in [0.717, 1.165) is 0 Å². The summed E-state index contributed by atoms with van der Waals surface area (Å²) in [6, 6.07) is 4.21. The molecule has 4 heterocycles. The third kappa shape index (κ3) is 3.39. The molecule has 1 fully saturated rings. The van der Waals surface area contributed by atoms with Gasteiger partial charge in [0.05, 0.1) is 24.4 Å². The molecular weight excluding hydrogens is 392 g/mol. The van der Waals surface area contributed by atoms with Crippen LogP contribution in [-0.4, -0.2) is 55.3 Å². The van der Waals surface area contributed by atoms with Crippen LogP contribution in [0.25, 0.3) is 17.0 Å². The molecule has 0 aromatic carbocycles. The van der Waals surface area contributed by atoms with E-state index in [2.05, 4.69) is 20.1 Å². The topological polar surface area (TPSA) is 79.4 Å². The number of halogens is 4. The Bertz CT molecular complexity index is 1030. The van der Waals surface area contributed by atoms with Crippen LogP contribution in [0.5, 0.6) is 0 Å². The fourth-order valence-electron chi connectivity index (χ4n) is 3.52. The van der Waals surface area contributed by atoms with E-state index in [-0.39, 0.29) is 13.1 Å². The van der Waals surface area contributed by atoms with E-state index in [1.165, 1.54) is 36.1 Å². The first-order valence-corrected chi connectivity index (χ1v) is 9.00. The molecule has 1 N–H and O–H groups in total. The van der Waals surface area contributed by atoms with E-state index < -0.39 is 36.5 Å². The Morgan fingerprint density at radius 3 is 2.72 bits per heavy atom. The largest absolute Gasteiger partial charge is 0.396 e. The van der Waals surface area contributed by atoms with Crippen LogP contribution in [0.4, 0.5) is 23.4 Å². The molecule has 3 aromatic heterocycles. The van der Waals surface area contributed by atoms with E-state index in [9.17, 15) is 22.7 Å². The van der Waals surface area contributed by atoms with Crippen molar-refractivity contribution in [2.24, 2.45) is 11.8 Å². The first kappa shape index (κ1) is 19.5. The number of piperidine rings is 1. The Labute approximate surface area is 163 Å². The predicted molar refractivity (Wildman–Crippen MR) is 95.9 cm³/mol. The number of imidazole rings is 1. The van der Waals surface area contributed by atoms with Gasteiger partial charge in [0.2, 0.25) is 0 Å². The summed E-state index contributed by atoms with van der Waals surface area (Å²) in [6.45, 7) is 0.780. The average molecular weight is 410 g/mol. The lowest BCUT2D eigenvalue weighted by molar-refractivity contribution is -0.124. The van der Waals surface area contributed by atoms with Gasteiger partial charge in [-0.1, -0.05) is 6.92 Å². The quantitative estimate of drug-likeness (QED) is 0.667. The minimum atomic E-state index is -2.97. The third-order valence-corrected chi connectivity index (χ3v) is 5.20. The molecule has 0 aliphatic carbocycles. The van der Waals surface area contributed by atoms with Crippen molar-refractivity contribution >= 4 is 11.5 Å². The second kappa shape index (κ2) is 7.21. The summed E-state index contributed by atoms with van der Waals surface area (Å²) in [5, 5.41) is 13.3. The van der Waals surface area contributed by atoms with Gasteiger partial charge in [0.25, 0.3) is 12.3 Å². The summed E-state index contributed by atoms with van der Waals surface area (Å²) < 4.78 is 55.7. The standard InChI is InChI=1S/C18H18F4N6O/c1-10-6-27(7-11(8-29)18(10,21)22)16-4-13(24-9-25-16)14-5-23-15-3-2-12(17(19)20)26-28(14)15/h2-5,9-11,17,29H,6-8H2,1H3. The molecule has 0 radical (unpaired) electrons. The molecule has 7 nitrogen and oxygen atoms in total. The van der Waals surface area contributed by atoms with Gasteiger partial charge in [-0.15, -0.1) is 0 Å². The molecule has 3 aromatic rings. The van der Waals surface area contributed by atoms with Crippen molar-refractivity contribution in [2.45, 2.75) is 19.3 Å². The number of anilines is 1. The molecule has 11 heteroatoms. The smallest absolute Gasteiger partial charge is 0.282 e. The Morgan fingerprint density at radius 1 is 1.21 bits per heavy atom. The summed E-state index contributed by atoms with van der Waals surface area (Å²) in [7, 11) is 0. The molecule has 29 heavy (non-hydrogen) atoms. The normalized spacial score (nSPS) is 21.8. The fraction of sp³-hybridized carbons (Fsp3) is 0.444. The van der Waals surface area contributed by atoms with Gasteiger partial charge in [0.15, 0.2) is 5.65 Å². The van der Waals surface area contributed by atoms with Crippen LogP contribution in [0.1, 0.15) is 19.0 Å². The highest BCUT2D eigenvalue weighted by atomic mass is 19.3. The highest BCUT2D eigenvalue weighted by Gasteiger charge is 2.49. The van der Waals surface area contributed by atoms with Crippen LogP contribution < -0.4 is 4.90 Å². The lowest BCUT2D eigenvalue weighted by Gasteiger charge is -2.42. The first-order chi connectivity index (χ1) is 13.8. The van der Waals surface area contributed by atoms with Crippen molar-refractivity contribution in [1.29, 1.82) is 0 Å². The third-order valence-electron chi connectivity index (χ3n) is 5.20. The molecule has 2 atom stereocenters. The van der Waals surface area contributed by atoms with Crippen molar-refractivity contribution in [1.82, 2.24) is 24.6 Å². The van der Waals surface area contributed by atoms with E-state index in [0.29, 0.717) is 22.9 Å². The monoisotopic (exact) mass is 410 g/mol.